The monoisotopic (exact) mass is 340 g/mol. The minimum atomic E-state index is -0.501. The van der Waals surface area contributed by atoms with Crippen molar-refractivity contribution in [3.8, 4) is 0 Å². The number of aliphatic hydroxyl groups is 1. The maximum Gasteiger partial charge on any atom is 0.222 e. The summed E-state index contributed by atoms with van der Waals surface area (Å²) in [5.74, 6) is 1.60. The standard InChI is InChI=1S/C19H36N2O3/c1-13(2)8-19(24)21(5)17-7-6-16(11-17)9-14(3)10-18(23)20-12-15(4)22/h13-17,22H,6-12H2,1-5H3,(H,20,23)/t14?,15-,16?,17?/m0/s1. The van der Waals surface area contributed by atoms with Crippen molar-refractivity contribution in [2.75, 3.05) is 13.6 Å². The summed E-state index contributed by atoms with van der Waals surface area (Å²) in [6.07, 6.45) is 4.94. The molecule has 5 nitrogen and oxygen atoms in total. The number of amides is 2. The van der Waals surface area contributed by atoms with E-state index >= 15 is 0 Å². The molecule has 24 heavy (non-hydrogen) atoms. The summed E-state index contributed by atoms with van der Waals surface area (Å²) in [4.78, 5) is 26.0. The van der Waals surface area contributed by atoms with E-state index in [1.165, 1.54) is 0 Å². The van der Waals surface area contributed by atoms with Crippen LogP contribution in [0.3, 0.4) is 0 Å². The molecule has 0 heterocycles. The van der Waals surface area contributed by atoms with Crippen molar-refractivity contribution in [3.63, 3.8) is 0 Å². The number of carbonyl (C=O) groups excluding carboxylic acids is 2. The van der Waals surface area contributed by atoms with E-state index in [9.17, 15) is 14.7 Å². The van der Waals surface area contributed by atoms with Crippen molar-refractivity contribution in [2.24, 2.45) is 17.8 Å². The number of carbonyl (C=O) groups is 2. The van der Waals surface area contributed by atoms with Gasteiger partial charge in [0.25, 0.3) is 0 Å². The van der Waals surface area contributed by atoms with Gasteiger partial charge in [-0.1, -0.05) is 20.8 Å². The van der Waals surface area contributed by atoms with Crippen LogP contribution in [0.4, 0.5) is 0 Å². The summed E-state index contributed by atoms with van der Waals surface area (Å²) >= 11 is 0. The van der Waals surface area contributed by atoms with Crippen molar-refractivity contribution < 1.29 is 14.7 Å². The number of nitrogens with one attached hydrogen (secondary N) is 1. The third-order valence-electron chi connectivity index (χ3n) is 4.90. The van der Waals surface area contributed by atoms with Gasteiger partial charge in [0.05, 0.1) is 6.10 Å². The third-order valence-corrected chi connectivity index (χ3v) is 4.90. The van der Waals surface area contributed by atoms with Gasteiger partial charge in [-0.15, -0.1) is 0 Å². The number of aliphatic hydroxyl groups excluding tert-OH is 1. The topological polar surface area (TPSA) is 69.6 Å². The maximum absolute atomic E-state index is 12.2. The van der Waals surface area contributed by atoms with Gasteiger partial charge in [0.1, 0.15) is 0 Å². The molecule has 140 valence electrons. The molecular weight excluding hydrogens is 304 g/mol. The predicted octanol–water partition coefficient (Wildman–Crippen LogP) is 2.57. The Morgan fingerprint density at radius 3 is 2.42 bits per heavy atom. The van der Waals surface area contributed by atoms with Gasteiger partial charge in [-0.3, -0.25) is 9.59 Å². The highest BCUT2D eigenvalue weighted by Gasteiger charge is 2.30. The fourth-order valence-corrected chi connectivity index (χ4v) is 3.61. The molecule has 0 aliphatic heterocycles. The van der Waals surface area contributed by atoms with E-state index in [2.05, 4.69) is 26.1 Å². The lowest BCUT2D eigenvalue weighted by molar-refractivity contribution is -0.132. The van der Waals surface area contributed by atoms with Gasteiger partial charge >= 0.3 is 0 Å². The zero-order valence-electron chi connectivity index (χ0n) is 16.0. The average molecular weight is 341 g/mol. The molecule has 0 aromatic rings. The SMILES string of the molecule is CC(C)CC(=O)N(C)C1CCC(CC(C)CC(=O)NC[C@H](C)O)C1. The van der Waals surface area contributed by atoms with Gasteiger partial charge in [0.15, 0.2) is 0 Å². The molecule has 1 aliphatic carbocycles. The summed E-state index contributed by atoms with van der Waals surface area (Å²) in [5, 5.41) is 12.0. The Bertz CT molecular complexity index is 409. The Morgan fingerprint density at radius 2 is 1.83 bits per heavy atom. The number of rotatable bonds is 9. The van der Waals surface area contributed by atoms with Gasteiger partial charge in [0, 0.05) is 32.5 Å². The van der Waals surface area contributed by atoms with Crippen LogP contribution in [0.5, 0.6) is 0 Å². The summed E-state index contributed by atoms with van der Waals surface area (Å²) in [5.41, 5.74) is 0. The highest BCUT2D eigenvalue weighted by atomic mass is 16.3. The van der Waals surface area contributed by atoms with Gasteiger partial charge in [0.2, 0.25) is 11.8 Å². The van der Waals surface area contributed by atoms with E-state index in [-0.39, 0.29) is 11.8 Å². The molecule has 0 radical (unpaired) electrons. The molecule has 0 spiro atoms. The molecule has 0 bridgehead atoms. The zero-order chi connectivity index (χ0) is 18.3. The summed E-state index contributed by atoms with van der Waals surface area (Å²) in [7, 11) is 1.94. The zero-order valence-corrected chi connectivity index (χ0v) is 16.0. The lowest BCUT2D eigenvalue weighted by atomic mass is 9.92. The van der Waals surface area contributed by atoms with E-state index in [1.807, 2.05) is 11.9 Å². The first-order valence-electron chi connectivity index (χ1n) is 9.39. The van der Waals surface area contributed by atoms with Gasteiger partial charge in [-0.05, 0) is 50.4 Å². The normalized spacial score (nSPS) is 23.1. The van der Waals surface area contributed by atoms with Gasteiger partial charge < -0.3 is 15.3 Å². The molecule has 0 aromatic carbocycles. The van der Waals surface area contributed by atoms with Gasteiger partial charge in [-0.25, -0.2) is 0 Å². The molecule has 2 amide bonds. The second-order valence-electron chi connectivity index (χ2n) is 8.13. The Labute approximate surface area is 147 Å². The second-order valence-corrected chi connectivity index (χ2v) is 8.13. The van der Waals surface area contributed by atoms with Crippen LogP contribution in [0.25, 0.3) is 0 Å². The first-order chi connectivity index (χ1) is 11.2. The molecule has 0 saturated heterocycles. The van der Waals surface area contributed by atoms with Crippen LogP contribution in [-0.4, -0.2) is 47.6 Å². The second kappa shape index (κ2) is 10.0. The molecular formula is C19H36N2O3. The van der Waals surface area contributed by atoms with Crippen LogP contribution in [-0.2, 0) is 9.59 Å². The predicted molar refractivity (Wildman–Crippen MR) is 96.4 cm³/mol. The number of hydrogen-bond donors (Lipinski definition) is 2. The van der Waals surface area contributed by atoms with Crippen molar-refractivity contribution in [1.82, 2.24) is 10.2 Å². The molecule has 2 N–H and O–H groups in total. The number of nitrogens with zero attached hydrogens (tertiary/aromatic N) is 1. The maximum atomic E-state index is 12.2. The average Bonchev–Trinajstić information content (AvgIpc) is 2.91. The van der Waals surface area contributed by atoms with Crippen LogP contribution >= 0.6 is 0 Å². The van der Waals surface area contributed by atoms with Crippen molar-refractivity contribution in [3.05, 3.63) is 0 Å². The third kappa shape index (κ3) is 7.65. The van der Waals surface area contributed by atoms with Crippen LogP contribution in [0.2, 0.25) is 0 Å². The minimum Gasteiger partial charge on any atom is -0.392 e. The highest BCUT2D eigenvalue weighted by Crippen LogP contribution is 2.34. The smallest absolute Gasteiger partial charge is 0.222 e. The largest absolute Gasteiger partial charge is 0.392 e. The molecule has 1 rings (SSSR count). The van der Waals surface area contributed by atoms with Crippen molar-refractivity contribution in [1.29, 1.82) is 0 Å². The quantitative estimate of drug-likeness (QED) is 0.678. The molecule has 0 aromatic heterocycles. The molecule has 1 saturated carbocycles. The van der Waals surface area contributed by atoms with E-state index in [0.717, 1.165) is 25.7 Å². The first kappa shape index (κ1) is 20.9. The Hall–Kier alpha value is -1.10. The van der Waals surface area contributed by atoms with Crippen molar-refractivity contribution >= 4 is 11.8 Å². The Kier molecular flexibility index (Phi) is 8.74. The fourth-order valence-electron chi connectivity index (χ4n) is 3.61. The van der Waals surface area contributed by atoms with Crippen LogP contribution in [0.15, 0.2) is 0 Å². The molecule has 3 unspecified atom stereocenters. The van der Waals surface area contributed by atoms with Crippen molar-refractivity contribution in [2.45, 2.75) is 78.4 Å². The fraction of sp³-hybridized carbons (Fsp3) is 0.895. The summed E-state index contributed by atoms with van der Waals surface area (Å²) in [6, 6.07) is 0.359. The minimum absolute atomic E-state index is 0.0159. The molecule has 5 heteroatoms. The van der Waals surface area contributed by atoms with Crippen LogP contribution in [0.1, 0.15) is 66.2 Å². The number of hydrogen-bond acceptors (Lipinski definition) is 3. The van der Waals surface area contributed by atoms with E-state index in [1.54, 1.807) is 6.92 Å². The van der Waals surface area contributed by atoms with E-state index in [4.69, 9.17) is 0 Å². The van der Waals surface area contributed by atoms with Gasteiger partial charge in [-0.2, -0.15) is 0 Å². The first-order valence-corrected chi connectivity index (χ1v) is 9.39. The van der Waals surface area contributed by atoms with E-state index in [0.29, 0.717) is 43.2 Å². The molecule has 1 fully saturated rings. The molecule has 1 aliphatic rings. The Balaban J connectivity index is 2.33. The van der Waals surface area contributed by atoms with E-state index < -0.39 is 6.10 Å². The highest BCUT2D eigenvalue weighted by molar-refractivity contribution is 5.76. The Morgan fingerprint density at radius 1 is 1.17 bits per heavy atom. The van der Waals surface area contributed by atoms with Crippen LogP contribution in [0, 0.1) is 17.8 Å². The lowest BCUT2D eigenvalue weighted by Gasteiger charge is -2.26. The summed E-state index contributed by atoms with van der Waals surface area (Å²) < 4.78 is 0. The lowest BCUT2D eigenvalue weighted by Crippen LogP contribution is -2.36. The summed E-state index contributed by atoms with van der Waals surface area (Å²) in [6.45, 7) is 8.25. The van der Waals surface area contributed by atoms with Crippen LogP contribution < -0.4 is 5.32 Å². The molecule has 4 atom stereocenters.